The third kappa shape index (κ3) is 4.11. The number of pyridine rings is 2. The first kappa shape index (κ1) is 26.0. The van der Waals surface area contributed by atoms with E-state index in [2.05, 4.69) is 44.1 Å². The number of carbonyl (C=O) groups is 1. The Kier molecular flexibility index (Phi) is 5.83. The summed E-state index contributed by atoms with van der Waals surface area (Å²) in [5.74, 6) is 3.30. The molecule has 1 aliphatic heterocycles. The molecule has 5 aromatic rings. The maximum atomic E-state index is 13.7. The van der Waals surface area contributed by atoms with Gasteiger partial charge in [0.05, 0.1) is 24.0 Å². The van der Waals surface area contributed by atoms with Crippen molar-refractivity contribution in [2.24, 2.45) is 24.8 Å². The van der Waals surface area contributed by atoms with E-state index in [-0.39, 0.29) is 5.91 Å². The van der Waals surface area contributed by atoms with E-state index in [1.165, 1.54) is 19.3 Å². The first-order valence-electron chi connectivity index (χ1n) is 15.2. The molecule has 0 spiro atoms. The van der Waals surface area contributed by atoms with Crippen LogP contribution in [0.1, 0.15) is 48.7 Å². The third-order valence-electron chi connectivity index (χ3n) is 9.96. The fraction of sp³-hybridized carbons (Fsp3) is 0.382. The van der Waals surface area contributed by atoms with Gasteiger partial charge in [0.1, 0.15) is 28.7 Å². The molecule has 5 heterocycles. The normalized spacial score (nSPS) is 21.2. The Bertz CT molecular complexity index is 1980. The second-order valence-electron chi connectivity index (χ2n) is 12.5. The summed E-state index contributed by atoms with van der Waals surface area (Å²) >= 11 is 0. The number of hydrogen-bond donors (Lipinski definition) is 0. The quantitative estimate of drug-likeness (QED) is 0.255. The number of imidazole rings is 1. The number of likely N-dealkylation sites (tertiary alicyclic amines) is 1. The molecule has 2 aliphatic carbocycles. The Morgan fingerprint density at radius 1 is 1.09 bits per heavy atom. The zero-order valence-electron chi connectivity index (χ0n) is 24.6. The number of aryl methyl sites for hydroxylation is 1. The molecular formula is C34H33N7O2. The molecule has 0 radical (unpaired) electrons. The Morgan fingerprint density at radius 2 is 1.95 bits per heavy atom. The van der Waals surface area contributed by atoms with Gasteiger partial charge in [-0.05, 0) is 85.9 Å². The van der Waals surface area contributed by atoms with Crippen LogP contribution in [0.3, 0.4) is 0 Å². The van der Waals surface area contributed by atoms with E-state index in [0.29, 0.717) is 40.8 Å². The highest BCUT2D eigenvalue weighted by Crippen LogP contribution is 2.44. The number of amides is 1. The van der Waals surface area contributed by atoms with E-state index in [9.17, 15) is 10.1 Å². The number of ether oxygens (including phenoxy) is 1. The van der Waals surface area contributed by atoms with Gasteiger partial charge in [-0.1, -0.05) is 6.92 Å². The number of carbonyl (C=O) groups excluding carboxylic acids is 1. The van der Waals surface area contributed by atoms with Crippen LogP contribution in [-0.2, 0) is 13.6 Å². The highest BCUT2D eigenvalue weighted by molar-refractivity contribution is 6.00. The monoisotopic (exact) mass is 571 g/mol. The van der Waals surface area contributed by atoms with Crippen LogP contribution in [0.5, 0.6) is 5.75 Å². The molecule has 9 heteroatoms. The fourth-order valence-electron chi connectivity index (χ4n) is 7.40. The summed E-state index contributed by atoms with van der Waals surface area (Å²) in [5, 5.41) is 10.4. The van der Waals surface area contributed by atoms with Crippen LogP contribution in [0.15, 0.2) is 48.7 Å². The van der Waals surface area contributed by atoms with E-state index in [1.54, 1.807) is 19.4 Å². The summed E-state index contributed by atoms with van der Waals surface area (Å²) in [7, 11) is 3.66. The highest BCUT2D eigenvalue weighted by Gasteiger charge is 2.46. The molecule has 43 heavy (non-hydrogen) atoms. The molecule has 2 unspecified atom stereocenters. The molecule has 3 fully saturated rings. The molecule has 1 aromatic carbocycles. The number of nitriles is 1. The van der Waals surface area contributed by atoms with Crippen molar-refractivity contribution in [2.45, 2.75) is 45.2 Å². The standard InChI is InChI=1S/C34H33N7O2/c1-19-23-7-9-28(19)41(18-23)34(42)24-13-27-31(30(15-24)43-3)39(2)33(38-27)29-14-22-6-8-26(21-10-11-36-25(12-21)16-35)37-32(22)40(29)17-20-4-5-20/h6,8,10-15,19-20,23,28H,4-5,7,9,17-18H2,1-3H3/t19-,23?,28?/m1/s1. The van der Waals surface area contributed by atoms with Crippen LogP contribution in [0.2, 0.25) is 0 Å². The second kappa shape index (κ2) is 9.66. The lowest BCUT2D eigenvalue weighted by atomic mass is 10.0. The zero-order chi connectivity index (χ0) is 29.4. The smallest absolute Gasteiger partial charge is 0.254 e. The molecular weight excluding hydrogens is 538 g/mol. The summed E-state index contributed by atoms with van der Waals surface area (Å²) in [5.41, 5.74) is 6.14. The predicted molar refractivity (Wildman–Crippen MR) is 163 cm³/mol. The minimum atomic E-state index is 0.0710. The van der Waals surface area contributed by atoms with Crippen molar-refractivity contribution in [2.75, 3.05) is 13.7 Å². The maximum absolute atomic E-state index is 13.7. The number of hydrogen-bond acceptors (Lipinski definition) is 6. The van der Waals surface area contributed by atoms with Gasteiger partial charge in [-0.15, -0.1) is 0 Å². The summed E-state index contributed by atoms with van der Waals surface area (Å²) < 4.78 is 10.2. The molecule has 1 amide bonds. The average Bonchev–Trinajstić information content (AvgIpc) is 3.44. The molecule has 216 valence electrons. The summed E-state index contributed by atoms with van der Waals surface area (Å²) in [6.45, 7) is 3.98. The highest BCUT2D eigenvalue weighted by atomic mass is 16.5. The number of aromatic nitrogens is 5. The van der Waals surface area contributed by atoms with Crippen LogP contribution < -0.4 is 4.74 Å². The second-order valence-corrected chi connectivity index (χ2v) is 12.5. The fourth-order valence-corrected chi connectivity index (χ4v) is 7.40. The third-order valence-corrected chi connectivity index (χ3v) is 9.96. The van der Waals surface area contributed by atoms with Crippen molar-refractivity contribution >= 4 is 28.0 Å². The van der Waals surface area contributed by atoms with Crippen molar-refractivity contribution in [3.05, 3.63) is 59.9 Å². The van der Waals surface area contributed by atoms with E-state index in [4.69, 9.17) is 14.7 Å². The van der Waals surface area contributed by atoms with Gasteiger partial charge >= 0.3 is 0 Å². The summed E-state index contributed by atoms with van der Waals surface area (Å²) in [4.78, 5) is 30.1. The largest absolute Gasteiger partial charge is 0.494 e. The molecule has 1 saturated heterocycles. The van der Waals surface area contributed by atoms with Gasteiger partial charge < -0.3 is 18.8 Å². The number of fused-ring (bicyclic) bond motifs is 4. The van der Waals surface area contributed by atoms with Crippen molar-refractivity contribution in [1.29, 1.82) is 5.26 Å². The minimum absolute atomic E-state index is 0.0710. The van der Waals surface area contributed by atoms with Gasteiger partial charge in [0.15, 0.2) is 5.82 Å². The average molecular weight is 572 g/mol. The SMILES string of the molecule is COc1cc(C(=O)N2CC3CCC2[C@@H]3C)cc2nc(-c3cc4ccc(-c5ccnc(C#N)c5)nc4n3CC3CC3)n(C)c12. The van der Waals surface area contributed by atoms with Gasteiger partial charge in [0.25, 0.3) is 5.91 Å². The summed E-state index contributed by atoms with van der Waals surface area (Å²) in [6.07, 6.45) is 6.36. The Morgan fingerprint density at radius 3 is 2.67 bits per heavy atom. The molecule has 2 saturated carbocycles. The van der Waals surface area contributed by atoms with Gasteiger partial charge in [-0.3, -0.25) is 4.79 Å². The van der Waals surface area contributed by atoms with Gasteiger partial charge in [0.2, 0.25) is 0 Å². The Labute approximate surface area is 249 Å². The zero-order valence-corrected chi connectivity index (χ0v) is 24.6. The van der Waals surface area contributed by atoms with Crippen LogP contribution >= 0.6 is 0 Å². The van der Waals surface area contributed by atoms with Gasteiger partial charge in [-0.25, -0.2) is 15.0 Å². The minimum Gasteiger partial charge on any atom is -0.494 e. The molecule has 3 aliphatic rings. The first-order valence-corrected chi connectivity index (χ1v) is 15.2. The topological polar surface area (TPSA) is 102 Å². The van der Waals surface area contributed by atoms with Crippen molar-refractivity contribution in [3.8, 4) is 34.6 Å². The van der Waals surface area contributed by atoms with Crippen molar-refractivity contribution in [3.63, 3.8) is 0 Å². The van der Waals surface area contributed by atoms with E-state index in [1.807, 2.05) is 31.3 Å². The number of rotatable bonds is 6. The lowest BCUT2D eigenvalue weighted by molar-refractivity contribution is 0.0696. The Balaban J connectivity index is 1.24. The summed E-state index contributed by atoms with van der Waals surface area (Å²) in [6, 6.07) is 16.1. The molecule has 8 rings (SSSR count). The number of benzene rings is 1. The van der Waals surface area contributed by atoms with Crippen molar-refractivity contribution in [1.82, 2.24) is 29.0 Å². The van der Waals surface area contributed by atoms with Gasteiger partial charge in [-0.2, -0.15) is 5.26 Å². The predicted octanol–water partition coefficient (Wildman–Crippen LogP) is 5.81. The Hall–Kier alpha value is -4.71. The molecule has 4 aromatic heterocycles. The molecule has 2 bridgehead atoms. The maximum Gasteiger partial charge on any atom is 0.254 e. The van der Waals surface area contributed by atoms with E-state index in [0.717, 1.165) is 64.4 Å². The number of methoxy groups -OCH3 is 1. The lowest BCUT2D eigenvalue weighted by Gasteiger charge is -2.27. The number of piperidine rings is 1. The van der Waals surface area contributed by atoms with E-state index < -0.39 is 0 Å². The number of nitrogens with zero attached hydrogens (tertiary/aromatic N) is 7. The first-order chi connectivity index (χ1) is 20.9. The van der Waals surface area contributed by atoms with Gasteiger partial charge in [0, 0.05) is 48.9 Å². The van der Waals surface area contributed by atoms with E-state index >= 15 is 0 Å². The lowest BCUT2D eigenvalue weighted by Crippen LogP contribution is -2.38. The van der Waals surface area contributed by atoms with Crippen LogP contribution in [-0.4, -0.2) is 54.6 Å². The van der Waals surface area contributed by atoms with Crippen molar-refractivity contribution < 1.29 is 9.53 Å². The van der Waals surface area contributed by atoms with Crippen LogP contribution in [0, 0.1) is 29.1 Å². The van der Waals surface area contributed by atoms with Crippen LogP contribution in [0.25, 0.3) is 44.8 Å². The van der Waals surface area contributed by atoms with Crippen LogP contribution in [0.4, 0.5) is 0 Å². The molecule has 3 atom stereocenters. The molecule has 9 nitrogen and oxygen atoms in total. The molecule has 0 N–H and O–H groups in total.